The normalized spacial score (nSPS) is 12.0. The summed E-state index contributed by atoms with van der Waals surface area (Å²) in [5.41, 5.74) is 5.49. The molecule has 1 amide bonds. The molecule has 0 saturated heterocycles. The van der Waals surface area contributed by atoms with Crippen molar-refractivity contribution in [1.82, 2.24) is 4.57 Å². The molecule has 0 spiro atoms. The SMILES string of the molecule is NC(=O)c1cccc2c1c1[c]cc(Cl)cc1n2Cc1ccc(F)cc1C(F)(F)F. The molecule has 1 radical (unpaired) electrons. The molecule has 2 N–H and O–H groups in total. The Hall–Kier alpha value is -3.06. The number of nitrogens with zero attached hydrogens (tertiary/aromatic N) is 1. The Balaban J connectivity index is 2.03. The summed E-state index contributed by atoms with van der Waals surface area (Å²) in [6, 6.07) is 13.4. The fraction of sp³-hybridized carbons (Fsp3) is 0.0952. The monoisotopic (exact) mass is 419 g/mol. The Morgan fingerprint density at radius 2 is 1.90 bits per heavy atom. The van der Waals surface area contributed by atoms with Crippen LogP contribution in [-0.4, -0.2) is 10.5 Å². The molecule has 0 saturated carbocycles. The van der Waals surface area contributed by atoms with Crippen molar-refractivity contribution in [2.45, 2.75) is 12.7 Å². The third kappa shape index (κ3) is 3.31. The molecule has 4 aromatic rings. The van der Waals surface area contributed by atoms with Gasteiger partial charge in [-0.1, -0.05) is 23.7 Å². The van der Waals surface area contributed by atoms with E-state index in [1.165, 1.54) is 12.1 Å². The number of halogens is 5. The van der Waals surface area contributed by atoms with Gasteiger partial charge < -0.3 is 10.3 Å². The zero-order valence-electron chi connectivity index (χ0n) is 14.6. The molecule has 0 aliphatic carbocycles. The van der Waals surface area contributed by atoms with E-state index in [0.717, 1.165) is 12.1 Å². The molecule has 0 aliphatic rings. The highest BCUT2D eigenvalue weighted by molar-refractivity contribution is 6.31. The van der Waals surface area contributed by atoms with Crippen LogP contribution in [0.2, 0.25) is 5.02 Å². The molecule has 0 fully saturated rings. The van der Waals surface area contributed by atoms with Crippen LogP contribution in [0.3, 0.4) is 0 Å². The molecule has 0 atom stereocenters. The van der Waals surface area contributed by atoms with Gasteiger partial charge in [-0.2, -0.15) is 13.2 Å². The minimum Gasteiger partial charge on any atom is -0.366 e. The van der Waals surface area contributed by atoms with Crippen LogP contribution < -0.4 is 5.73 Å². The highest BCUT2D eigenvalue weighted by Crippen LogP contribution is 2.36. The van der Waals surface area contributed by atoms with Crippen molar-refractivity contribution in [3.8, 4) is 0 Å². The second-order valence-corrected chi connectivity index (χ2v) is 6.96. The summed E-state index contributed by atoms with van der Waals surface area (Å²) < 4.78 is 55.4. The first-order valence-electron chi connectivity index (χ1n) is 8.44. The second-order valence-electron chi connectivity index (χ2n) is 6.53. The second kappa shape index (κ2) is 6.77. The van der Waals surface area contributed by atoms with Crippen LogP contribution >= 0.6 is 11.6 Å². The predicted molar refractivity (Wildman–Crippen MR) is 102 cm³/mol. The number of hydrogen-bond acceptors (Lipinski definition) is 1. The lowest BCUT2D eigenvalue weighted by Crippen LogP contribution is -2.13. The minimum atomic E-state index is -4.72. The Kier molecular flexibility index (Phi) is 4.50. The largest absolute Gasteiger partial charge is 0.416 e. The summed E-state index contributed by atoms with van der Waals surface area (Å²) in [5, 5.41) is 1.31. The third-order valence-corrected chi connectivity index (χ3v) is 4.95. The van der Waals surface area contributed by atoms with Gasteiger partial charge >= 0.3 is 6.18 Å². The smallest absolute Gasteiger partial charge is 0.366 e. The first kappa shape index (κ1) is 19.3. The zero-order valence-corrected chi connectivity index (χ0v) is 15.4. The minimum absolute atomic E-state index is 0.123. The Morgan fingerprint density at radius 1 is 1.14 bits per heavy atom. The zero-order chi connectivity index (χ0) is 20.9. The highest BCUT2D eigenvalue weighted by Gasteiger charge is 2.34. The lowest BCUT2D eigenvalue weighted by atomic mass is 10.1. The van der Waals surface area contributed by atoms with Gasteiger partial charge in [-0.25, -0.2) is 4.39 Å². The van der Waals surface area contributed by atoms with Gasteiger partial charge in [-0.15, -0.1) is 0 Å². The standard InChI is InChI=1S/C21H12ClF4N2O/c22-12-5-7-14-18(8-12)28(17-3-1-2-15(19(14)17)20(27)29)10-11-4-6-13(23)9-16(11)21(24,25)26/h1-6,8-9H,10H2,(H2,27,29). The Labute approximate surface area is 167 Å². The maximum atomic E-state index is 13.5. The summed E-state index contributed by atoms with van der Waals surface area (Å²) >= 11 is 6.08. The molecule has 3 aromatic carbocycles. The Morgan fingerprint density at radius 3 is 2.59 bits per heavy atom. The summed E-state index contributed by atoms with van der Waals surface area (Å²) in [4.78, 5) is 11.9. The average Bonchev–Trinajstić information content (AvgIpc) is 2.95. The van der Waals surface area contributed by atoms with E-state index in [-0.39, 0.29) is 17.7 Å². The number of hydrogen-bond donors (Lipinski definition) is 1. The maximum absolute atomic E-state index is 13.5. The lowest BCUT2D eigenvalue weighted by molar-refractivity contribution is -0.138. The molecule has 1 heterocycles. The molecule has 1 aromatic heterocycles. The molecule has 0 bridgehead atoms. The van der Waals surface area contributed by atoms with Gasteiger partial charge in [0.2, 0.25) is 5.91 Å². The number of primary amides is 1. The van der Waals surface area contributed by atoms with Crippen LogP contribution in [0.25, 0.3) is 21.8 Å². The van der Waals surface area contributed by atoms with E-state index in [2.05, 4.69) is 6.07 Å². The van der Waals surface area contributed by atoms with Crippen LogP contribution in [0.15, 0.2) is 48.5 Å². The van der Waals surface area contributed by atoms with Crippen molar-refractivity contribution >= 4 is 39.3 Å². The molecule has 147 valence electrons. The predicted octanol–water partition coefficient (Wildman–Crippen LogP) is 5.55. The van der Waals surface area contributed by atoms with Gasteiger partial charge in [0, 0.05) is 27.9 Å². The van der Waals surface area contributed by atoms with E-state index < -0.39 is 23.5 Å². The summed E-state index contributed by atoms with van der Waals surface area (Å²) in [6.07, 6.45) is -4.72. The van der Waals surface area contributed by atoms with E-state index >= 15 is 0 Å². The molecular formula is C21H12ClF4N2O. The highest BCUT2D eigenvalue weighted by atomic mass is 35.5. The van der Waals surface area contributed by atoms with Crippen molar-refractivity contribution < 1.29 is 22.4 Å². The van der Waals surface area contributed by atoms with Crippen molar-refractivity contribution in [1.29, 1.82) is 0 Å². The number of benzene rings is 3. The summed E-state index contributed by atoms with van der Waals surface area (Å²) in [7, 11) is 0. The van der Waals surface area contributed by atoms with E-state index in [4.69, 9.17) is 17.3 Å². The topological polar surface area (TPSA) is 48.0 Å². The number of nitrogens with two attached hydrogens (primary N) is 1. The number of amides is 1. The molecule has 0 aliphatic heterocycles. The summed E-state index contributed by atoms with van der Waals surface area (Å²) in [6.45, 7) is -0.217. The molecule has 3 nitrogen and oxygen atoms in total. The molecule has 4 rings (SSSR count). The van der Waals surface area contributed by atoms with Crippen LogP contribution in [0.1, 0.15) is 21.5 Å². The molecule has 0 unspecified atom stereocenters. The average molecular weight is 420 g/mol. The molecule has 8 heteroatoms. The van der Waals surface area contributed by atoms with Gasteiger partial charge in [0.1, 0.15) is 5.82 Å². The fourth-order valence-electron chi connectivity index (χ4n) is 3.53. The number of alkyl halides is 3. The van der Waals surface area contributed by atoms with E-state index in [1.807, 2.05) is 0 Å². The van der Waals surface area contributed by atoms with Crippen molar-refractivity contribution in [3.63, 3.8) is 0 Å². The quantitative estimate of drug-likeness (QED) is 0.435. The van der Waals surface area contributed by atoms with Crippen molar-refractivity contribution in [2.75, 3.05) is 0 Å². The first-order chi connectivity index (χ1) is 13.7. The molecular weight excluding hydrogens is 408 g/mol. The first-order valence-corrected chi connectivity index (χ1v) is 8.82. The maximum Gasteiger partial charge on any atom is 0.416 e. The number of carbonyl (C=O) groups is 1. The van der Waals surface area contributed by atoms with Crippen molar-refractivity contribution in [3.05, 3.63) is 82.1 Å². The number of aromatic nitrogens is 1. The van der Waals surface area contributed by atoms with Crippen molar-refractivity contribution in [2.24, 2.45) is 5.73 Å². The van der Waals surface area contributed by atoms with Gasteiger partial charge in [0.05, 0.1) is 16.6 Å². The number of fused-ring (bicyclic) bond motifs is 3. The fourth-order valence-corrected chi connectivity index (χ4v) is 3.68. The van der Waals surface area contributed by atoms with Crippen LogP contribution in [-0.2, 0) is 12.7 Å². The lowest BCUT2D eigenvalue weighted by Gasteiger charge is -2.15. The van der Waals surface area contributed by atoms with Crippen LogP contribution in [0.5, 0.6) is 0 Å². The Bertz CT molecular complexity index is 1280. The molecule has 29 heavy (non-hydrogen) atoms. The van der Waals surface area contributed by atoms with Crippen LogP contribution in [0.4, 0.5) is 17.6 Å². The third-order valence-electron chi connectivity index (χ3n) is 4.73. The number of rotatable bonds is 3. The van der Waals surface area contributed by atoms with E-state index in [0.29, 0.717) is 32.9 Å². The van der Waals surface area contributed by atoms with Gasteiger partial charge in [0.15, 0.2) is 0 Å². The van der Waals surface area contributed by atoms with Gasteiger partial charge in [-0.3, -0.25) is 4.79 Å². The number of carbonyl (C=O) groups excluding carboxylic acids is 1. The van der Waals surface area contributed by atoms with E-state index in [9.17, 15) is 22.4 Å². The van der Waals surface area contributed by atoms with Gasteiger partial charge in [0.25, 0.3) is 0 Å². The van der Waals surface area contributed by atoms with Crippen LogP contribution in [0, 0.1) is 11.9 Å². The van der Waals surface area contributed by atoms with E-state index in [1.54, 1.807) is 22.8 Å². The summed E-state index contributed by atoms with van der Waals surface area (Å²) in [5.74, 6) is -1.65. The van der Waals surface area contributed by atoms with Gasteiger partial charge in [-0.05, 0) is 48.0 Å².